The van der Waals surface area contributed by atoms with Crippen molar-refractivity contribution in [3.63, 3.8) is 0 Å². The molecule has 0 bridgehead atoms. The van der Waals surface area contributed by atoms with Crippen molar-refractivity contribution in [3.8, 4) is 10.6 Å². The van der Waals surface area contributed by atoms with Gasteiger partial charge in [0.1, 0.15) is 5.01 Å². The number of carbonyl (C=O) groups excluding carboxylic acids is 1. The van der Waals surface area contributed by atoms with Crippen LogP contribution < -0.4 is 0 Å². The van der Waals surface area contributed by atoms with Gasteiger partial charge in [-0.25, -0.2) is 4.98 Å². The van der Waals surface area contributed by atoms with Crippen LogP contribution in [0.15, 0.2) is 29.6 Å². The van der Waals surface area contributed by atoms with Crippen LogP contribution in [0.4, 0.5) is 0 Å². The van der Waals surface area contributed by atoms with Crippen LogP contribution in [0.2, 0.25) is 0 Å². The molecule has 1 heterocycles. The van der Waals surface area contributed by atoms with Crippen molar-refractivity contribution >= 4 is 17.2 Å². The summed E-state index contributed by atoms with van der Waals surface area (Å²) >= 11 is 1.57. The van der Waals surface area contributed by atoms with Crippen LogP contribution in [0.25, 0.3) is 10.6 Å². The zero-order valence-electron chi connectivity index (χ0n) is 12.8. The van der Waals surface area contributed by atoms with Crippen LogP contribution >= 0.6 is 11.3 Å². The fraction of sp³-hybridized carbons (Fsp3) is 0.375. The van der Waals surface area contributed by atoms with E-state index in [0.29, 0.717) is 5.56 Å². The Morgan fingerprint density at radius 2 is 2.14 bits per heavy atom. The lowest BCUT2D eigenvalue weighted by Crippen LogP contribution is -2.39. The van der Waals surface area contributed by atoms with E-state index in [2.05, 4.69) is 4.98 Å². The molecule has 0 atom stereocenters. The molecule has 1 aromatic carbocycles. The van der Waals surface area contributed by atoms with Crippen molar-refractivity contribution in [2.75, 3.05) is 13.6 Å². The van der Waals surface area contributed by atoms with Gasteiger partial charge in [-0.1, -0.05) is 12.1 Å². The fourth-order valence-corrected chi connectivity index (χ4v) is 2.94. The summed E-state index contributed by atoms with van der Waals surface area (Å²) < 4.78 is 0. The highest BCUT2D eigenvalue weighted by Gasteiger charge is 2.20. The maximum absolute atomic E-state index is 12.4. The minimum absolute atomic E-state index is 0.104. The number of hydrogen-bond acceptors (Lipinski definition) is 4. The molecule has 112 valence electrons. The summed E-state index contributed by atoms with van der Waals surface area (Å²) in [7, 11) is 1.69. The lowest BCUT2D eigenvalue weighted by Gasteiger charge is -2.25. The molecule has 21 heavy (non-hydrogen) atoms. The SMILES string of the molecule is Cc1csc(-c2cccc(C(=O)N(C)CC(C)(C)O)c2)n1. The van der Waals surface area contributed by atoms with E-state index in [4.69, 9.17) is 0 Å². The van der Waals surface area contributed by atoms with Crippen molar-refractivity contribution < 1.29 is 9.90 Å². The molecule has 4 nitrogen and oxygen atoms in total. The second-order valence-electron chi connectivity index (χ2n) is 5.85. The number of amides is 1. The average Bonchev–Trinajstić information content (AvgIpc) is 2.83. The minimum atomic E-state index is -0.908. The highest BCUT2D eigenvalue weighted by Crippen LogP contribution is 2.24. The van der Waals surface area contributed by atoms with Gasteiger partial charge in [0, 0.05) is 35.8 Å². The molecular weight excluding hydrogens is 284 g/mol. The van der Waals surface area contributed by atoms with Crippen molar-refractivity contribution in [2.45, 2.75) is 26.4 Å². The summed E-state index contributed by atoms with van der Waals surface area (Å²) in [6.07, 6.45) is 0. The van der Waals surface area contributed by atoms with Crippen LogP contribution in [0.5, 0.6) is 0 Å². The molecule has 0 unspecified atom stereocenters. The van der Waals surface area contributed by atoms with Gasteiger partial charge in [0.15, 0.2) is 0 Å². The van der Waals surface area contributed by atoms with Crippen molar-refractivity contribution in [2.24, 2.45) is 0 Å². The van der Waals surface area contributed by atoms with E-state index in [9.17, 15) is 9.90 Å². The molecule has 0 aliphatic carbocycles. The van der Waals surface area contributed by atoms with Crippen LogP contribution in [0.1, 0.15) is 29.9 Å². The molecule has 1 N–H and O–H groups in total. The molecule has 2 rings (SSSR count). The summed E-state index contributed by atoms with van der Waals surface area (Å²) in [6, 6.07) is 7.44. The molecule has 0 fully saturated rings. The minimum Gasteiger partial charge on any atom is -0.389 e. The number of benzene rings is 1. The Morgan fingerprint density at radius 3 is 2.71 bits per heavy atom. The number of aliphatic hydroxyl groups is 1. The molecule has 1 aromatic heterocycles. The van der Waals surface area contributed by atoms with E-state index in [0.717, 1.165) is 16.3 Å². The number of nitrogens with zero attached hydrogens (tertiary/aromatic N) is 2. The molecule has 0 saturated heterocycles. The van der Waals surface area contributed by atoms with E-state index >= 15 is 0 Å². The molecule has 0 aliphatic heterocycles. The predicted molar refractivity (Wildman–Crippen MR) is 85.5 cm³/mol. The first-order valence-corrected chi connectivity index (χ1v) is 7.65. The van der Waals surface area contributed by atoms with Crippen LogP contribution in [0, 0.1) is 6.92 Å². The number of aryl methyl sites for hydroxylation is 1. The van der Waals surface area contributed by atoms with E-state index in [1.165, 1.54) is 4.90 Å². The van der Waals surface area contributed by atoms with Gasteiger partial charge in [0.25, 0.3) is 5.91 Å². The first kappa shape index (κ1) is 15.7. The average molecular weight is 304 g/mol. The number of hydrogen-bond donors (Lipinski definition) is 1. The van der Waals surface area contributed by atoms with Crippen molar-refractivity contribution in [1.82, 2.24) is 9.88 Å². The van der Waals surface area contributed by atoms with E-state index < -0.39 is 5.60 Å². The normalized spacial score (nSPS) is 11.5. The third kappa shape index (κ3) is 4.12. The van der Waals surface area contributed by atoms with Gasteiger partial charge in [-0.15, -0.1) is 11.3 Å². The standard InChI is InChI=1S/C16H20N2O2S/c1-11-9-21-14(17-11)12-6-5-7-13(8-12)15(19)18(4)10-16(2,3)20/h5-9,20H,10H2,1-4H3. The Kier molecular flexibility index (Phi) is 4.44. The summed E-state index contributed by atoms with van der Waals surface area (Å²) in [5, 5.41) is 12.7. The smallest absolute Gasteiger partial charge is 0.253 e. The predicted octanol–water partition coefficient (Wildman–Crippen LogP) is 2.96. The lowest BCUT2D eigenvalue weighted by atomic mass is 10.1. The summed E-state index contributed by atoms with van der Waals surface area (Å²) in [5.41, 5.74) is 1.61. The highest BCUT2D eigenvalue weighted by molar-refractivity contribution is 7.13. The van der Waals surface area contributed by atoms with Crippen LogP contribution in [-0.4, -0.2) is 40.1 Å². The highest BCUT2D eigenvalue weighted by atomic mass is 32.1. The third-order valence-electron chi connectivity index (χ3n) is 2.95. The number of carbonyl (C=O) groups is 1. The van der Waals surface area contributed by atoms with Gasteiger partial charge >= 0.3 is 0 Å². The molecule has 0 saturated carbocycles. The number of aromatic nitrogens is 1. The first-order valence-electron chi connectivity index (χ1n) is 6.77. The van der Waals surface area contributed by atoms with Crippen molar-refractivity contribution in [1.29, 1.82) is 0 Å². The molecule has 5 heteroatoms. The second kappa shape index (κ2) is 5.95. The second-order valence-corrected chi connectivity index (χ2v) is 6.71. The summed E-state index contributed by atoms with van der Waals surface area (Å²) in [4.78, 5) is 18.4. The molecule has 1 amide bonds. The third-order valence-corrected chi connectivity index (χ3v) is 3.96. The Hall–Kier alpha value is -1.72. The molecule has 0 radical (unpaired) electrons. The maximum atomic E-state index is 12.4. The van der Waals surface area contributed by atoms with Crippen LogP contribution in [-0.2, 0) is 0 Å². The monoisotopic (exact) mass is 304 g/mol. The number of thiazole rings is 1. The Bertz CT molecular complexity index is 644. The fourth-order valence-electron chi connectivity index (χ4n) is 2.14. The number of likely N-dealkylation sites (N-methyl/N-ethyl adjacent to an activating group) is 1. The van der Waals surface area contributed by atoms with Gasteiger partial charge < -0.3 is 10.0 Å². The zero-order valence-corrected chi connectivity index (χ0v) is 13.6. The summed E-state index contributed by atoms with van der Waals surface area (Å²) in [6.45, 7) is 5.61. The maximum Gasteiger partial charge on any atom is 0.253 e. The molecule has 0 aliphatic rings. The van der Waals surface area contributed by atoms with Gasteiger partial charge in [-0.3, -0.25) is 4.79 Å². The van der Waals surface area contributed by atoms with E-state index in [-0.39, 0.29) is 12.5 Å². The largest absolute Gasteiger partial charge is 0.389 e. The van der Waals surface area contributed by atoms with Gasteiger partial charge in [-0.2, -0.15) is 0 Å². The lowest BCUT2D eigenvalue weighted by molar-refractivity contribution is 0.0368. The Balaban J connectivity index is 2.23. The van der Waals surface area contributed by atoms with Gasteiger partial charge in [-0.05, 0) is 32.9 Å². The van der Waals surface area contributed by atoms with Crippen LogP contribution in [0.3, 0.4) is 0 Å². The molecule has 0 spiro atoms. The zero-order chi connectivity index (χ0) is 15.6. The molecule has 2 aromatic rings. The topological polar surface area (TPSA) is 53.4 Å². The van der Waals surface area contributed by atoms with Gasteiger partial charge in [0.05, 0.1) is 5.60 Å². The van der Waals surface area contributed by atoms with Gasteiger partial charge in [0.2, 0.25) is 0 Å². The van der Waals surface area contributed by atoms with E-state index in [1.54, 1.807) is 38.3 Å². The Labute approximate surface area is 129 Å². The summed E-state index contributed by atoms with van der Waals surface area (Å²) in [5.74, 6) is -0.104. The quantitative estimate of drug-likeness (QED) is 0.945. The molecular formula is C16H20N2O2S. The van der Waals surface area contributed by atoms with E-state index in [1.807, 2.05) is 30.5 Å². The number of rotatable bonds is 4. The Morgan fingerprint density at radius 1 is 1.43 bits per heavy atom. The van der Waals surface area contributed by atoms with Crippen molar-refractivity contribution in [3.05, 3.63) is 40.9 Å². The first-order chi connectivity index (χ1) is 9.76.